The van der Waals surface area contributed by atoms with Gasteiger partial charge >= 0.3 is 6.09 Å². The SMILES string of the molecule is CC(C)CN(C[C@@H](O)[C@H](Cc1ccccc1)NC(=O)OC1CO[C@H]2OCCC12)S(=O)(=O)c1cc(OC2CCCCO2)cc(OC2CCCCO2)c1. The highest BCUT2D eigenvalue weighted by Gasteiger charge is 2.44. The van der Waals surface area contributed by atoms with Gasteiger partial charge in [0.1, 0.15) is 17.6 Å². The molecule has 7 atom stereocenters. The van der Waals surface area contributed by atoms with Gasteiger partial charge in [-0.2, -0.15) is 4.31 Å². The standard InChI is InChI=1S/C37H52N2O11S/c1-25(2)22-39(23-32(40)31(18-26-10-4-3-5-11-26)38-37(41)50-33-24-47-36-30(33)14-17-46-36)51(42,43)29-20-27(48-34-12-6-8-15-44-34)19-28(21-29)49-35-13-7-9-16-45-35/h3-5,10-11,19-21,25,30-36,40H,6-9,12-18,22-24H2,1-2H3,(H,38,41)/t30?,31-,32+,33?,34?,35?,36+/m0/s1. The van der Waals surface area contributed by atoms with E-state index in [0.29, 0.717) is 44.2 Å². The summed E-state index contributed by atoms with van der Waals surface area (Å²) in [6.45, 7) is 5.54. The first-order chi connectivity index (χ1) is 24.6. The van der Waals surface area contributed by atoms with Crippen LogP contribution in [0.25, 0.3) is 0 Å². The lowest BCUT2D eigenvalue weighted by atomic mass is 10.0. The number of amides is 1. The molecule has 0 aliphatic carbocycles. The Morgan fingerprint density at radius 2 is 1.55 bits per heavy atom. The molecule has 0 spiro atoms. The van der Waals surface area contributed by atoms with E-state index in [2.05, 4.69) is 5.32 Å². The maximum Gasteiger partial charge on any atom is 0.407 e. The molecular weight excluding hydrogens is 680 g/mol. The average molecular weight is 733 g/mol. The van der Waals surface area contributed by atoms with E-state index in [4.69, 9.17) is 33.2 Å². The monoisotopic (exact) mass is 732 g/mol. The second kappa shape index (κ2) is 17.7. The summed E-state index contributed by atoms with van der Waals surface area (Å²) >= 11 is 0. The highest BCUT2D eigenvalue weighted by Crippen LogP contribution is 2.34. The maximum absolute atomic E-state index is 14.5. The molecule has 4 aliphatic heterocycles. The van der Waals surface area contributed by atoms with Crippen molar-refractivity contribution in [2.24, 2.45) is 11.8 Å². The van der Waals surface area contributed by atoms with E-state index in [1.54, 1.807) is 6.07 Å². The number of ether oxygens (including phenoxy) is 7. The second-order valence-electron chi connectivity index (χ2n) is 14.2. The highest BCUT2D eigenvalue weighted by atomic mass is 32.2. The fourth-order valence-electron chi connectivity index (χ4n) is 6.93. The molecule has 0 bridgehead atoms. The second-order valence-corrected chi connectivity index (χ2v) is 16.1. The van der Waals surface area contributed by atoms with Crippen LogP contribution in [0.2, 0.25) is 0 Å². The van der Waals surface area contributed by atoms with Gasteiger partial charge in [-0.05, 0) is 50.0 Å². The van der Waals surface area contributed by atoms with Crippen LogP contribution in [0, 0.1) is 11.8 Å². The van der Waals surface area contributed by atoms with Crippen LogP contribution in [-0.4, -0.2) is 101 Å². The maximum atomic E-state index is 14.5. The normalized spacial score (nSPS) is 26.4. The Labute approximate surface area is 300 Å². The Morgan fingerprint density at radius 3 is 2.16 bits per heavy atom. The molecule has 51 heavy (non-hydrogen) atoms. The molecule has 282 valence electrons. The summed E-state index contributed by atoms with van der Waals surface area (Å²) in [6.07, 6.45) is 2.23. The molecule has 0 saturated carbocycles. The molecule has 4 unspecified atom stereocenters. The number of nitrogens with one attached hydrogen (secondary N) is 1. The van der Waals surface area contributed by atoms with Crippen molar-refractivity contribution in [3.63, 3.8) is 0 Å². The molecule has 4 saturated heterocycles. The minimum atomic E-state index is -4.22. The Balaban J connectivity index is 1.23. The number of aliphatic hydroxyl groups excluding tert-OH is 1. The minimum absolute atomic E-state index is 0.0454. The molecule has 4 aliphatic rings. The van der Waals surface area contributed by atoms with Gasteiger partial charge in [0.15, 0.2) is 18.9 Å². The summed E-state index contributed by atoms with van der Waals surface area (Å²) in [6, 6.07) is 13.1. The number of aliphatic hydroxyl groups is 1. The third-order valence-corrected chi connectivity index (χ3v) is 11.4. The van der Waals surface area contributed by atoms with E-state index in [1.165, 1.54) is 16.4 Å². The Bertz CT molecular complexity index is 1480. The smallest absolute Gasteiger partial charge is 0.407 e. The number of rotatable bonds is 15. The third kappa shape index (κ3) is 10.3. The molecule has 2 aromatic carbocycles. The van der Waals surface area contributed by atoms with Crippen molar-refractivity contribution < 1.29 is 51.5 Å². The van der Waals surface area contributed by atoms with Gasteiger partial charge in [0, 0.05) is 44.1 Å². The van der Waals surface area contributed by atoms with Gasteiger partial charge in [-0.15, -0.1) is 0 Å². The first kappa shape index (κ1) is 37.8. The van der Waals surface area contributed by atoms with Gasteiger partial charge in [-0.25, -0.2) is 13.2 Å². The number of sulfonamides is 1. The number of carbonyl (C=O) groups excluding carboxylic acids is 1. The zero-order valence-corrected chi connectivity index (χ0v) is 30.3. The first-order valence-electron chi connectivity index (χ1n) is 18.3. The van der Waals surface area contributed by atoms with E-state index in [0.717, 1.165) is 37.7 Å². The lowest BCUT2D eigenvalue weighted by Gasteiger charge is -2.31. The number of benzene rings is 2. The lowest BCUT2D eigenvalue weighted by molar-refractivity contribution is -0.109. The molecule has 4 fully saturated rings. The first-order valence-corrected chi connectivity index (χ1v) is 19.7. The van der Waals surface area contributed by atoms with Crippen LogP contribution in [0.3, 0.4) is 0 Å². The molecule has 2 aromatic rings. The number of nitrogens with zero attached hydrogens (tertiary/aromatic N) is 1. The van der Waals surface area contributed by atoms with Crippen LogP contribution in [0.5, 0.6) is 11.5 Å². The molecular formula is C37H52N2O11S. The van der Waals surface area contributed by atoms with Crippen molar-refractivity contribution in [1.29, 1.82) is 0 Å². The van der Waals surface area contributed by atoms with E-state index < -0.39 is 46.9 Å². The summed E-state index contributed by atoms with van der Waals surface area (Å²) in [5, 5.41) is 14.6. The predicted molar refractivity (Wildman–Crippen MR) is 186 cm³/mol. The van der Waals surface area contributed by atoms with Gasteiger partial charge in [0.25, 0.3) is 0 Å². The topological polar surface area (TPSA) is 151 Å². The van der Waals surface area contributed by atoms with Crippen molar-refractivity contribution in [3.8, 4) is 11.5 Å². The number of hydrogen-bond acceptors (Lipinski definition) is 11. The Morgan fingerprint density at radius 1 is 0.882 bits per heavy atom. The van der Waals surface area contributed by atoms with Crippen LogP contribution in [0.4, 0.5) is 4.79 Å². The largest absolute Gasteiger partial charge is 0.465 e. The van der Waals surface area contributed by atoms with Crippen LogP contribution in [0.1, 0.15) is 64.4 Å². The van der Waals surface area contributed by atoms with Crippen molar-refractivity contribution in [2.45, 2.75) is 107 Å². The third-order valence-electron chi connectivity index (χ3n) is 9.57. The summed E-state index contributed by atoms with van der Waals surface area (Å²) in [7, 11) is -4.22. The van der Waals surface area contributed by atoms with Gasteiger partial charge in [0.05, 0.1) is 49.4 Å². The van der Waals surface area contributed by atoms with Gasteiger partial charge < -0.3 is 43.6 Å². The van der Waals surface area contributed by atoms with Crippen molar-refractivity contribution in [1.82, 2.24) is 9.62 Å². The van der Waals surface area contributed by atoms with Gasteiger partial charge in [0.2, 0.25) is 10.0 Å². The van der Waals surface area contributed by atoms with E-state index in [-0.39, 0.29) is 49.1 Å². The van der Waals surface area contributed by atoms with Crippen LogP contribution in [-0.2, 0) is 40.1 Å². The Hall–Kier alpha value is -2.98. The summed E-state index contributed by atoms with van der Waals surface area (Å²) in [5.74, 6) is 0.470. The van der Waals surface area contributed by atoms with E-state index in [1.807, 2.05) is 44.2 Å². The van der Waals surface area contributed by atoms with Gasteiger partial charge in [-0.1, -0.05) is 44.2 Å². The molecule has 0 aromatic heterocycles. The molecule has 2 N–H and O–H groups in total. The fraction of sp³-hybridized carbons (Fsp3) is 0.649. The van der Waals surface area contributed by atoms with E-state index >= 15 is 0 Å². The average Bonchev–Trinajstić information content (AvgIpc) is 3.74. The number of carbonyl (C=O) groups is 1. The molecule has 0 radical (unpaired) electrons. The van der Waals surface area contributed by atoms with Crippen molar-refractivity contribution in [2.75, 3.05) is 39.5 Å². The Kier molecular flexibility index (Phi) is 13.1. The van der Waals surface area contributed by atoms with E-state index in [9.17, 15) is 18.3 Å². The molecule has 6 rings (SSSR count). The quantitative estimate of drug-likeness (QED) is 0.264. The summed E-state index contributed by atoms with van der Waals surface area (Å²) in [5.41, 5.74) is 0.857. The van der Waals surface area contributed by atoms with Crippen molar-refractivity contribution >= 4 is 16.1 Å². The molecule has 14 heteroatoms. The number of fused-ring (bicyclic) bond motifs is 1. The van der Waals surface area contributed by atoms with Crippen LogP contribution < -0.4 is 14.8 Å². The summed E-state index contributed by atoms with van der Waals surface area (Å²) in [4.78, 5) is 13.2. The summed E-state index contributed by atoms with van der Waals surface area (Å²) < 4.78 is 71.1. The molecule has 4 heterocycles. The predicted octanol–water partition coefficient (Wildman–Crippen LogP) is 4.60. The van der Waals surface area contributed by atoms with Crippen LogP contribution in [0.15, 0.2) is 53.4 Å². The zero-order chi connectivity index (χ0) is 35.8. The van der Waals surface area contributed by atoms with Gasteiger partial charge in [-0.3, -0.25) is 0 Å². The number of alkyl carbamates (subject to hydrolysis) is 1. The van der Waals surface area contributed by atoms with Crippen LogP contribution >= 0.6 is 0 Å². The zero-order valence-electron chi connectivity index (χ0n) is 29.5. The highest BCUT2D eigenvalue weighted by molar-refractivity contribution is 7.89. The molecule has 1 amide bonds. The number of hydrogen-bond donors (Lipinski definition) is 2. The minimum Gasteiger partial charge on any atom is -0.465 e. The van der Waals surface area contributed by atoms with Crippen molar-refractivity contribution in [3.05, 3.63) is 54.1 Å². The fourth-order valence-corrected chi connectivity index (χ4v) is 8.60. The molecule has 13 nitrogen and oxygen atoms in total. The lowest BCUT2D eigenvalue weighted by Crippen LogP contribution is -2.51.